The number of amides is 1. The smallest absolute Gasteiger partial charge is 0.227 e. The van der Waals surface area contributed by atoms with E-state index in [2.05, 4.69) is 15.5 Å². The predicted molar refractivity (Wildman–Crippen MR) is 101 cm³/mol. The van der Waals surface area contributed by atoms with Crippen molar-refractivity contribution in [1.82, 2.24) is 15.5 Å². The van der Waals surface area contributed by atoms with E-state index in [0.29, 0.717) is 23.2 Å². The molecule has 0 aliphatic heterocycles. The summed E-state index contributed by atoms with van der Waals surface area (Å²) in [5.74, 6) is 0.923. The van der Waals surface area contributed by atoms with Crippen LogP contribution in [0.3, 0.4) is 0 Å². The highest BCUT2D eigenvalue weighted by atomic mass is 35.5. The van der Waals surface area contributed by atoms with Crippen LogP contribution >= 0.6 is 11.6 Å². The van der Waals surface area contributed by atoms with Crippen LogP contribution in [0.5, 0.6) is 0 Å². The summed E-state index contributed by atoms with van der Waals surface area (Å²) < 4.78 is 5.25. The summed E-state index contributed by atoms with van der Waals surface area (Å²) in [5.41, 5.74) is 3.07. The van der Waals surface area contributed by atoms with Crippen molar-refractivity contribution in [1.29, 1.82) is 0 Å². The Morgan fingerprint density at radius 1 is 1.15 bits per heavy atom. The van der Waals surface area contributed by atoms with E-state index in [1.54, 1.807) is 0 Å². The number of nitrogens with one attached hydrogen (secondary N) is 1. The zero-order valence-electron chi connectivity index (χ0n) is 14.7. The first-order valence-electron chi connectivity index (χ1n) is 8.46. The maximum atomic E-state index is 12.2. The zero-order chi connectivity index (χ0) is 18.5. The summed E-state index contributed by atoms with van der Waals surface area (Å²) >= 11 is 5.88. The van der Waals surface area contributed by atoms with Crippen LogP contribution in [0.2, 0.25) is 5.02 Å². The normalized spacial score (nSPS) is 12.0. The molecule has 2 aromatic carbocycles. The van der Waals surface area contributed by atoms with Gasteiger partial charge in [0.05, 0.1) is 6.04 Å². The minimum Gasteiger partial charge on any atom is -0.350 e. The van der Waals surface area contributed by atoms with Gasteiger partial charge >= 0.3 is 0 Å². The molecule has 1 aromatic heterocycles. The molecule has 0 fully saturated rings. The van der Waals surface area contributed by atoms with Gasteiger partial charge in [0.25, 0.3) is 0 Å². The minimum atomic E-state index is -0.0921. The van der Waals surface area contributed by atoms with Gasteiger partial charge in [0.2, 0.25) is 17.6 Å². The molecule has 1 atom stereocenters. The minimum absolute atomic E-state index is 0.0671. The van der Waals surface area contributed by atoms with Crippen molar-refractivity contribution in [3.05, 3.63) is 70.6 Å². The van der Waals surface area contributed by atoms with E-state index in [0.717, 1.165) is 11.1 Å². The highest BCUT2D eigenvalue weighted by Gasteiger charge is 2.13. The van der Waals surface area contributed by atoms with Gasteiger partial charge in [-0.1, -0.05) is 58.7 Å². The lowest BCUT2D eigenvalue weighted by atomic mass is 10.1. The summed E-state index contributed by atoms with van der Waals surface area (Å²) in [6, 6.07) is 15.2. The maximum Gasteiger partial charge on any atom is 0.227 e. The third-order valence-corrected chi connectivity index (χ3v) is 4.34. The standard InChI is InChI=1S/C20H20ClN3O2/c1-13-3-5-16(6-4-13)20-23-19(26-24-20)12-11-18(25)22-14(2)15-7-9-17(21)10-8-15/h3-10,14H,11-12H2,1-2H3,(H,22,25). The Bertz CT molecular complexity index is 873. The summed E-state index contributed by atoms with van der Waals surface area (Å²) in [6.07, 6.45) is 0.686. The first-order valence-corrected chi connectivity index (χ1v) is 8.83. The van der Waals surface area contributed by atoms with E-state index in [-0.39, 0.29) is 18.4 Å². The Balaban J connectivity index is 1.53. The van der Waals surface area contributed by atoms with Gasteiger partial charge in [-0.05, 0) is 31.5 Å². The first-order chi connectivity index (χ1) is 12.5. The Morgan fingerprint density at radius 3 is 2.54 bits per heavy atom. The Labute approximate surface area is 157 Å². The fraction of sp³-hybridized carbons (Fsp3) is 0.250. The van der Waals surface area contributed by atoms with Crippen LogP contribution in [-0.4, -0.2) is 16.0 Å². The predicted octanol–water partition coefficient (Wildman–Crippen LogP) is 4.51. The Morgan fingerprint density at radius 2 is 1.85 bits per heavy atom. The molecule has 0 saturated carbocycles. The van der Waals surface area contributed by atoms with Crippen LogP contribution in [0.4, 0.5) is 0 Å². The molecule has 3 aromatic rings. The SMILES string of the molecule is Cc1ccc(-c2noc(CCC(=O)NC(C)c3ccc(Cl)cc3)n2)cc1. The molecule has 1 heterocycles. The van der Waals surface area contributed by atoms with E-state index >= 15 is 0 Å². The summed E-state index contributed by atoms with van der Waals surface area (Å²) in [5, 5.41) is 7.61. The Kier molecular flexibility index (Phi) is 5.68. The number of rotatable bonds is 6. The van der Waals surface area contributed by atoms with E-state index < -0.39 is 0 Å². The molecule has 5 nitrogen and oxygen atoms in total. The first kappa shape index (κ1) is 18.1. The van der Waals surface area contributed by atoms with Gasteiger partial charge in [-0.25, -0.2) is 0 Å². The number of carbonyl (C=O) groups is 1. The zero-order valence-corrected chi connectivity index (χ0v) is 15.5. The summed E-state index contributed by atoms with van der Waals surface area (Å²) in [4.78, 5) is 16.5. The molecule has 0 radical (unpaired) electrons. The van der Waals surface area contributed by atoms with Crippen LogP contribution in [-0.2, 0) is 11.2 Å². The van der Waals surface area contributed by atoms with E-state index in [1.165, 1.54) is 5.56 Å². The van der Waals surface area contributed by atoms with E-state index in [9.17, 15) is 4.79 Å². The summed E-state index contributed by atoms with van der Waals surface area (Å²) in [7, 11) is 0. The number of aromatic nitrogens is 2. The topological polar surface area (TPSA) is 68.0 Å². The molecule has 134 valence electrons. The average Bonchev–Trinajstić information content (AvgIpc) is 3.10. The molecule has 3 rings (SSSR count). The number of benzene rings is 2. The molecule has 0 spiro atoms. The van der Waals surface area contributed by atoms with Gasteiger partial charge in [-0.3, -0.25) is 4.79 Å². The third kappa shape index (κ3) is 4.70. The lowest BCUT2D eigenvalue weighted by molar-refractivity contribution is -0.121. The largest absolute Gasteiger partial charge is 0.350 e. The maximum absolute atomic E-state index is 12.2. The van der Waals surface area contributed by atoms with Gasteiger partial charge < -0.3 is 9.84 Å². The molecule has 6 heteroatoms. The van der Waals surface area contributed by atoms with Crippen LogP contribution in [0.15, 0.2) is 53.1 Å². The molecular formula is C20H20ClN3O2. The van der Waals surface area contributed by atoms with E-state index in [1.807, 2.05) is 62.4 Å². The van der Waals surface area contributed by atoms with Crippen LogP contribution in [0, 0.1) is 6.92 Å². The van der Waals surface area contributed by atoms with Crippen molar-refractivity contribution >= 4 is 17.5 Å². The second-order valence-electron chi connectivity index (χ2n) is 6.22. The summed E-state index contributed by atoms with van der Waals surface area (Å²) in [6.45, 7) is 3.96. The molecule has 0 bridgehead atoms. The highest BCUT2D eigenvalue weighted by Crippen LogP contribution is 2.18. The van der Waals surface area contributed by atoms with Crippen molar-refractivity contribution in [2.75, 3.05) is 0 Å². The average molecular weight is 370 g/mol. The fourth-order valence-electron chi connectivity index (χ4n) is 2.55. The monoisotopic (exact) mass is 369 g/mol. The van der Waals surface area contributed by atoms with Gasteiger partial charge in [0.15, 0.2) is 0 Å². The molecule has 1 amide bonds. The number of hydrogen-bond acceptors (Lipinski definition) is 4. The van der Waals surface area contributed by atoms with Gasteiger partial charge in [-0.2, -0.15) is 4.98 Å². The number of hydrogen-bond donors (Lipinski definition) is 1. The number of aryl methyl sites for hydroxylation is 2. The fourth-order valence-corrected chi connectivity index (χ4v) is 2.67. The third-order valence-electron chi connectivity index (χ3n) is 4.09. The second kappa shape index (κ2) is 8.15. The lowest BCUT2D eigenvalue weighted by Gasteiger charge is -2.14. The molecule has 0 aliphatic rings. The van der Waals surface area contributed by atoms with E-state index in [4.69, 9.17) is 16.1 Å². The molecule has 0 aliphatic carbocycles. The molecule has 0 saturated heterocycles. The highest BCUT2D eigenvalue weighted by molar-refractivity contribution is 6.30. The molecule has 1 unspecified atom stereocenters. The second-order valence-corrected chi connectivity index (χ2v) is 6.65. The van der Waals surface area contributed by atoms with Crippen LogP contribution in [0.25, 0.3) is 11.4 Å². The van der Waals surface area contributed by atoms with Crippen molar-refractivity contribution in [3.8, 4) is 11.4 Å². The van der Waals surface area contributed by atoms with Crippen molar-refractivity contribution in [2.45, 2.75) is 32.7 Å². The van der Waals surface area contributed by atoms with Gasteiger partial charge in [0.1, 0.15) is 0 Å². The quantitative estimate of drug-likeness (QED) is 0.694. The van der Waals surface area contributed by atoms with Gasteiger partial charge in [-0.15, -0.1) is 0 Å². The van der Waals surface area contributed by atoms with Crippen molar-refractivity contribution in [2.24, 2.45) is 0 Å². The van der Waals surface area contributed by atoms with Crippen LogP contribution < -0.4 is 5.32 Å². The van der Waals surface area contributed by atoms with Crippen molar-refractivity contribution in [3.63, 3.8) is 0 Å². The lowest BCUT2D eigenvalue weighted by Crippen LogP contribution is -2.26. The van der Waals surface area contributed by atoms with Crippen molar-refractivity contribution < 1.29 is 9.32 Å². The Hall–Kier alpha value is -2.66. The molecule has 1 N–H and O–H groups in total. The van der Waals surface area contributed by atoms with Crippen LogP contribution in [0.1, 0.15) is 36.4 Å². The number of carbonyl (C=O) groups excluding carboxylic acids is 1. The molecular weight excluding hydrogens is 350 g/mol. The molecule has 26 heavy (non-hydrogen) atoms. The number of nitrogens with zero attached hydrogens (tertiary/aromatic N) is 2. The number of halogens is 1. The van der Waals surface area contributed by atoms with Gasteiger partial charge in [0, 0.05) is 23.4 Å².